The van der Waals surface area contributed by atoms with Gasteiger partial charge in [-0.2, -0.15) is 4.98 Å². The quantitative estimate of drug-likeness (QED) is 0.437. The smallest absolute Gasteiger partial charge is 0.356 e. The van der Waals surface area contributed by atoms with E-state index in [9.17, 15) is 14.7 Å². The van der Waals surface area contributed by atoms with Crippen molar-refractivity contribution < 1.29 is 19.1 Å². The molecule has 0 aliphatic rings. The fourth-order valence-corrected chi connectivity index (χ4v) is 3.80. The number of anilines is 1. The SMILES string of the molecule is COc1ncc(N[C@H](C)c2cc(C)cc3c(=O)c(C)c(-c4ccccc4)oc23)c(C(=O)O)n1. The maximum absolute atomic E-state index is 13.2. The van der Waals surface area contributed by atoms with E-state index in [2.05, 4.69) is 15.3 Å². The van der Waals surface area contributed by atoms with Crippen LogP contribution in [0.4, 0.5) is 5.69 Å². The van der Waals surface area contributed by atoms with Gasteiger partial charge in [-0.15, -0.1) is 0 Å². The summed E-state index contributed by atoms with van der Waals surface area (Å²) in [4.78, 5) is 32.9. The maximum Gasteiger partial charge on any atom is 0.356 e. The molecule has 0 aliphatic carbocycles. The minimum Gasteiger partial charge on any atom is -0.476 e. The second-order valence-corrected chi connectivity index (χ2v) is 7.77. The summed E-state index contributed by atoms with van der Waals surface area (Å²) in [5, 5.41) is 13.2. The highest BCUT2D eigenvalue weighted by Gasteiger charge is 2.21. The third kappa shape index (κ3) is 4.15. The van der Waals surface area contributed by atoms with E-state index in [1.807, 2.05) is 50.2 Å². The fourth-order valence-electron chi connectivity index (χ4n) is 3.80. The van der Waals surface area contributed by atoms with Gasteiger partial charge < -0.3 is 19.6 Å². The lowest BCUT2D eigenvalue weighted by molar-refractivity contribution is 0.0690. The Hall–Kier alpha value is -4.20. The van der Waals surface area contributed by atoms with E-state index in [1.54, 1.807) is 13.0 Å². The monoisotopic (exact) mass is 445 g/mol. The van der Waals surface area contributed by atoms with Crippen LogP contribution in [0.3, 0.4) is 0 Å². The van der Waals surface area contributed by atoms with Gasteiger partial charge in [-0.3, -0.25) is 4.79 Å². The average molecular weight is 445 g/mol. The summed E-state index contributed by atoms with van der Waals surface area (Å²) in [6.07, 6.45) is 1.36. The van der Waals surface area contributed by atoms with E-state index < -0.39 is 12.0 Å². The number of aromatic nitrogens is 2. The molecule has 2 heterocycles. The highest BCUT2D eigenvalue weighted by atomic mass is 16.5. The molecule has 0 aliphatic heterocycles. The topological polar surface area (TPSA) is 115 Å². The summed E-state index contributed by atoms with van der Waals surface area (Å²) in [7, 11) is 1.36. The van der Waals surface area contributed by atoms with Gasteiger partial charge in [-0.25, -0.2) is 9.78 Å². The second-order valence-electron chi connectivity index (χ2n) is 7.77. The van der Waals surface area contributed by atoms with Crippen LogP contribution in [-0.4, -0.2) is 28.2 Å². The predicted molar refractivity (Wildman–Crippen MR) is 125 cm³/mol. The molecule has 8 heteroatoms. The Bertz CT molecular complexity index is 1410. The summed E-state index contributed by atoms with van der Waals surface area (Å²) < 4.78 is 11.3. The Balaban J connectivity index is 1.87. The van der Waals surface area contributed by atoms with Crippen LogP contribution in [0.25, 0.3) is 22.3 Å². The van der Waals surface area contributed by atoms with Crippen LogP contribution in [0.1, 0.15) is 40.1 Å². The molecule has 168 valence electrons. The van der Waals surface area contributed by atoms with Gasteiger partial charge in [0, 0.05) is 16.7 Å². The number of carboxylic acid groups (broad SMARTS) is 1. The fraction of sp³-hybridized carbons (Fsp3) is 0.200. The molecule has 0 spiro atoms. The van der Waals surface area contributed by atoms with Crippen molar-refractivity contribution in [1.29, 1.82) is 0 Å². The van der Waals surface area contributed by atoms with E-state index in [4.69, 9.17) is 9.15 Å². The van der Waals surface area contributed by atoms with Gasteiger partial charge in [0.25, 0.3) is 0 Å². The molecule has 0 bridgehead atoms. The number of hydrogen-bond acceptors (Lipinski definition) is 7. The number of carbonyl (C=O) groups is 1. The predicted octanol–water partition coefficient (Wildman–Crippen LogP) is 4.75. The van der Waals surface area contributed by atoms with Crippen LogP contribution in [0.5, 0.6) is 6.01 Å². The van der Waals surface area contributed by atoms with Crippen LogP contribution in [0, 0.1) is 13.8 Å². The molecule has 0 fully saturated rings. The molecule has 1 atom stereocenters. The van der Waals surface area contributed by atoms with Crippen LogP contribution in [0.2, 0.25) is 0 Å². The van der Waals surface area contributed by atoms with Crippen molar-refractivity contribution in [3.63, 3.8) is 0 Å². The summed E-state index contributed by atoms with van der Waals surface area (Å²) in [5.74, 6) is -0.711. The van der Waals surface area contributed by atoms with Crippen molar-refractivity contribution in [2.45, 2.75) is 26.8 Å². The van der Waals surface area contributed by atoms with Crippen LogP contribution < -0.4 is 15.5 Å². The van der Waals surface area contributed by atoms with Gasteiger partial charge in [0.05, 0.1) is 30.4 Å². The highest BCUT2D eigenvalue weighted by molar-refractivity contribution is 5.92. The molecule has 2 aromatic heterocycles. The molecular formula is C25H23N3O5. The van der Waals surface area contributed by atoms with Gasteiger partial charge >= 0.3 is 12.0 Å². The summed E-state index contributed by atoms with van der Waals surface area (Å²) >= 11 is 0. The number of aryl methyl sites for hydroxylation is 1. The Morgan fingerprint density at radius 1 is 1.18 bits per heavy atom. The van der Waals surface area contributed by atoms with Gasteiger partial charge in [-0.05, 0) is 32.4 Å². The molecule has 8 nitrogen and oxygen atoms in total. The van der Waals surface area contributed by atoms with E-state index in [0.29, 0.717) is 27.9 Å². The maximum atomic E-state index is 13.2. The number of benzene rings is 2. The number of carboxylic acids is 1. The van der Waals surface area contributed by atoms with Crippen molar-refractivity contribution in [2.24, 2.45) is 0 Å². The number of methoxy groups -OCH3 is 1. The van der Waals surface area contributed by atoms with Crippen molar-refractivity contribution in [3.05, 3.63) is 81.3 Å². The molecule has 0 saturated carbocycles. The third-order valence-electron chi connectivity index (χ3n) is 5.42. The molecule has 0 radical (unpaired) electrons. The lowest BCUT2D eigenvalue weighted by Crippen LogP contribution is -2.15. The van der Waals surface area contributed by atoms with Crippen LogP contribution in [-0.2, 0) is 0 Å². The molecule has 0 amide bonds. The Morgan fingerprint density at radius 2 is 1.91 bits per heavy atom. The van der Waals surface area contributed by atoms with Gasteiger partial charge in [-0.1, -0.05) is 36.4 Å². The zero-order chi connectivity index (χ0) is 23.7. The summed E-state index contributed by atoms with van der Waals surface area (Å²) in [6.45, 7) is 5.51. The lowest BCUT2D eigenvalue weighted by atomic mass is 9.99. The zero-order valence-corrected chi connectivity index (χ0v) is 18.7. The summed E-state index contributed by atoms with van der Waals surface area (Å²) in [5.41, 5.74) is 3.28. The Labute approximate surface area is 189 Å². The molecule has 0 unspecified atom stereocenters. The highest BCUT2D eigenvalue weighted by Crippen LogP contribution is 2.32. The minimum absolute atomic E-state index is 0.0411. The standard InChI is InChI=1S/C25H23N3O5/c1-13-10-17(15(3)27-19-12-26-25(32-4)28-20(19)24(30)31)23-18(11-13)21(29)14(2)22(33-23)16-8-6-5-7-9-16/h5-12,15,27H,1-4H3,(H,30,31)/t15-/m1/s1. The van der Waals surface area contributed by atoms with E-state index in [1.165, 1.54) is 13.3 Å². The number of rotatable bonds is 6. The molecule has 2 N–H and O–H groups in total. The normalized spacial score (nSPS) is 11.9. The molecule has 4 aromatic rings. The van der Waals surface area contributed by atoms with Crippen molar-refractivity contribution in [2.75, 3.05) is 12.4 Å². The minimum atomic E-state index is -1.21. The third-order valence-corrected chi connectivity index (χ3v) is 5.42. The Morgan fingerprint density at radius 3 is 2.58 bits per heavy atom. The van der Waals surface area contributed by atoms with Crippen molar-refractivity contribution >= 4 is 22.6 Å². The van der Waals surface area contributed by atoms with Crippen LogP contribution in [0.15, 0.2) is 57.9 Å². The first-order valence-electron chi connectivity index (χ1n) is 10.3. The van der Waals surface area contributed by atoms with E-state index in [-0.39, 0.29) is 22.8 Å². The number of hydrogen-bond donors (Lipinski definition) is 2. The molecule has 2 aromatic carbocycles. The first-order chi connectivity index (χ1) is 15.8. The van der Waals surface area contributed by atoms with E-state index >= 15 is 0 Å². The Kier molecular flexibility index (Phi) is 5.83. The number of nitrogens with one attached hydrogen (secondary N) is 1. The molecule has 33 heavy (non-hydrogen) atoms. The summed E-state index contributed by atoms with van der Waals surface area (Å²) in [6, 6.07) is 12.7. The van der Waals surface area contributed by atoms with Gasteiger partial charge in [0.2, 0.25) is 0 Å². The number of nitrogens with zero attached hydrogens (tertiary/aromatic N) is 2. The molecule has 4 rings (SSSR count). The van der Waals surface area contributed by atoms with Crippen molar-refractivity contribution in [1.82, 2.24) is 9.97 Å². The average Bonchev–Trinajstić information content (AvgIpc) is 2.81. The van der Waals surface area contributed by atoms with Crippen molar-refractivity contribution in [3.8, 4) is 17.3 Å². The number of aromatic carboxylic acids is 1. The largest absolute Gasteiger partial charge is 0.476 e. The van der Waals surface area contributed by atoms with Gasteiger partial charge in [0.1, 0.15) is 11.3 Å². The molecule has 0 saturated heterocycles. The van der Waals surface area contributed by atoms with Gasteiger partial charge in [0.15, 0.2) is 11.1 Å². The lowest BCUT2D eigenvalue weighted by Gasteiger charge is -2.19. The second kappa shape index (κ2) is 8.74. The first-order valence-corrected chi connectivity index (χ1v) is 10.3. The van der Waals surface area contributed by atoms with E-state index in [0.717, 1.165) is 11.1 Å². The first kappa shape index (κ1) is 22.0. The zero-order valence-electron chi connectivity index (χ0n) is 18.7. The number of ether oxygens (including phenoxy) is 1. The molecular weight excluding hydrogens is 422 g/mol. The number of fused-ring (bicyclic) bond motifs is 1. The van der Waals surface area contributed by atoms with Crippen LogP contribution >= 0.6 is 0 Å².